The number of hydrogen-bond donors (Lipinski definition) is 2. The highest BCUT2D eigenvalue weighted by Gasteiger charge is 2.30. The minimum Gasteiger partial charge on any atom is -0.496 e. The molecule has 0 radical (unpaired) electrons. The molecule has 1 aliphatic heterocycles. The average Bonchev–Trinajstić information content (AvgIpc) is 2.87. The first-order valence-corrected chi connectivity index (χ1v) is 6.89. The zero-order chi connectivity index (χ0) is 13.7. The summed E-state index contributed by atoms with van der Waals surface area (Å²) >= 11 is 0. The Morgan fingerprint density at radius 1 is 1.47 bits per heavy atom. The summed E-state index contributed by atoms with van der Waals surface area (Å²) in [6.07, 6.45) is 2.24. The number of ether oxygens (including phenoxy) is 2. The van der Waals surface area contributed by atoms with Crippen molar-refractivity contribution < 1.29 is 9.47 Å². The van der Waals surface area contributed by atoms with Gasteiger partial charge in [0.15, 0.2) is 0 Å². The number of nitrogens with one attached hydrogen (secondary N) is 1. The Labute approximate surface area is 115 Å². The van der Waals surface area contributed by atoms with Crippen LogP contribution < -0.4 is 15.8 Å². The molecular weight excluding hydrogens is 240 g/mol. The van der Waals surface area contributed by atoms with Crippen LogP contribution in [0.25, 0.3) is 0 Å². The van der Waals surface area contributed by atoms with E-state index in [-0.39, 0.29) is 11.6 Å². The molecule has 1 saturated heterocycles. The molecule has 19 heavy (non-hydrogen) atoms. The van der Waals surface area contributed by atoms with Crippen molar-refractivity contribution in [1.82, 2.24) is 5.32 Å². The first kappa shape index (κ1) is 14.3. The molecule has 1 heterocycles. The van der Waals surface area contributed by atoms with Crippen LogP contribution >= 0.6 is 0 Å². The van der Waals surface area contributed by atoms with E-state index in [2.05, 4.69) is 18.3 Å². The highest BCUT2D eigenvalue weighted by atomic mass is 16.5. The van der Waals surface area contributed by atoms with E-state index in [1.54, 1.807) is 7.11 Å². The van der Waals surface area contributed by atoms with Gasteiger partial charge in [-0.15, -0.1) is 0 Å². The summed E-state index contributed by atoms with van der Waals surface area (Å²) in [5, 5.41) is 3.51. The van der Waals surface area contributed by atoms with Crippen molar-refractivity contribution in [3.63, 3.8) is 0 Å². The topological polar surface area (TPSA) is 56.5 Å². The van der Waals surface area contributed by atoms with Crippen LogP contribution in [-0.2, 0) is 4.74 Å². The van der Waals surface area contributed by atoms with Crippen molar-refractivity contribution in [2.75, 3.05) is 26.8 Å². The Kier molecular flexibility index (Phi) is 4.80. The molecular formula is C15H24N2O2. The fourth-order valence-corrected chi connectivity index (χ4v) is 2.59. The fourth-order valence-electron chi connectivity index (χ4n) is 2.59. The van der Waals surface area contributed by atoms with Crippen molar-refractivity contribution in [1.29, 1.82) is 0 Å². The molecule has 1 aromatic rings. The zero-order valence-electron chi connectivity index (χ0n) is 11.8. The number of methoxy groups -OCH3 is 1. The molecule has 106 valence electrons. The molecule has 1 fully saturated rings. The van der Waals surface area contributed by atoms with Crippen molar-refractivity contribution in [2.45, 2.75) is 31.4 Å². The van der Waals surface area contributed by atoms with Crippen LogP contribution in [0.1, 0.15) is 31.4 Å². The second kappa shape index (κ2) is 6.37. The number of nitrogens with two attached hydrogens (primary N) is 1. The Morgan fingerprint density at radius 3 is 2.89 bits per heavy atom. The summed E-state index contributed by atoms with van der Waals surface area (Å²) in [5.74, 6) is 0.878. The van der Waals surface area contributed by atoms with Gasteiger partial charge in [0.2, 0.25) is 0 Å². The van der Waals surface area contributed by atoms with Gasteiger partial charge in [0, 0.05) is 31.3 Å². The monoisotopic (exact) mass is 264 g/mol. The highest BCUT2D eigenvalue weighted by molar-refractivity contribution is 5.36. The van der Waals surface area contributed by atoms with E-state index in [4.69, 9.17) is 15.2 Å². The van der Waals surface area contributed by atoms with Crippen LogP contribution in [-0.4, -0.2) is 32.4 Å². The minimum absolute atomic E-state index is 0.0601. The maximum atomic E-state index is 5.90. The Hall–Kier alpha value is -1.10. The molecule has 3 N–H and O–H groups in total. The molecule has 2 unspecified atom stereocenters. The molecule has 1 aliphatic rings. The normalized spacial score (nSPS) is 24.4. The van der Waals surface area contributed by atoms with Crippen LogP contribution in [0.3, 0.4) is 0 Å². The van der Waals surface area contributed by atoms with Crippen LogP contribution in [0, 0.1) is 0 Å². The zero-order valence-corrected chi connectivity index (χ0v) is 11.8. The lowest BCUT2D eigenvalue weighted by Gasteiger charge is -2.27. The molecule has 0 bridgehead atoms. The van der Waals surface area contributed by atoms with E-state index in [1.807, 2.05) is 18.2 Å². The second-order valence-electron chi connectivity index (χ2n) is 5.31. The van der Waals surface area contributed by atoms with Crippen LogP contribution in [0.2, 0.25) is 0 Å². The van der Waals surface area contributed by atoms with Gasteiger partial charge < -0.3 is 20.5 Å². The first-order chi connectivity index (χ1) is 9.18. The highest BCUT2D eigenvalue weighted by Crippen LogP contribution is 2.27. The third-order valence-electron chi connectivity index (χ3n) is 3.77. The van der Waals surface area contributed by atoms with Gasteiger partial charge in [0.1, 0.15) is 5.75 Å². The number of hydrogen-bond acceptors (Lipinski definition) is 4. The average molecular weight is 264 g/mol. The van der Waals surface area contributed by atoms with Gasteiger partial charge >= 0.3 is 0 Å². The first-order valence-electron chi connectivity index (χ1n) is 6.89. The third kappa shape index (κ3) is 3.47. The van der Waals surface area contributed by atoms with Crippen LogP contribution in [0.5, 0.6) is 5.75 Å². The van der Waals surface area contributed by atoms with E-state index >= 15 is 0 Å². The lowest BCUT2D eigenvalue weighted by atomic mass is 10.0. The molecule has 4 nitrogen and oxygen atoms in total. The quantitative estimate of drug-likeness (QED) is 0.823. The van der Waals surface area contributed by atoms with Gasteiger partial charge in [-0.3, -0.25) is 0 Å². The lowest BCUT2D eigenvalue weighted by Crippen LogP contribution is -2.41. The van der Waals surface area contributed by atoms with Gasteiger partial charge in [0.25, 0.3) is 0 Å². The fraction of sp³-hybridized carbons (Fsp3) is 0.600. The van der Waals surface area contributed by atoms with Gasteiger partial charge in [-0.25, -0.2) is 0 Å². The Morgan fingerprint density at radius 2 is 2.26 bits per heavy atom. The molecule has 4 heteroatoms. The number of para-hydroxylation sites is 1. The summed E-state index contributed by atoms with van der Waals surface area (Å²) in [4.78, 5) is 0. The predicted molar refractivity (Wildman–Crippen MR) is 76.4 cm³/mol. The molecule has 0 amide bonds. The summed E-state index contributed by atoms with van der Waals surface area (Å²) in [6, 6.07) is 8.10. The maximum Gasteiger partial charge on any atom is 0.123 e. The van der Waals surface area contributed by atoms with Gasteiger partial charge in [0.05, 0.1) is 12.7 Å². The third-order valence-corrected chi connectivity index (χ3v) is 3.77. The number of benzene rings is 1. The molecule has 0 saturated carbocycles. The second-order valence-corrected chi connectivity index (χ2v) is 5.31. The standard InChI is InChI=1S/C15H24N2O2/c1-15(8-5-9-19-15)11-17-13(10-16)12-6-3-4-7-14(12)18-2/h3-4,6-7,13,17H,5,8-11,16H2,1-2H3. The van der Waals surface area contributed by atoms with Crippen molar-refractivity contribution >= 4 is 0 Å². The van der Waals surface area contributed by atoms with E-state index < -0.39 is 0 Å². The smallest absolute Gasteiger partial charge is 0.123 e. The molecule has 0 aliphatic carbocycles. The van der Waals surface area contributed by atoms with Crippen molar-refractivity contribution in [3.8, 4) is 5.75 Å². The van der Waals surface area contributed by atoms with E-state index in [1.165, 1.54) is 0 Å². The Balaban J connectivity index is 2.03. The van der Waals surface area contributed by atoms with Crippen molar-refractivity contribution in [3.05, 3.63) is 29.8 Å². The molecule has 2 atom stereocenters. The number of rotatable bonds is 6. The molecule has 1 aromatic carbocycles. The maximum absolute atomic E-state index is 5.90. The lowest BCUT2D eigenvalue weighted by molar-refractivity contribution is 0.0188. The molecule has 0 aromatic heterocycles. The minimum atomic E-state index is -0.0601. The van der Waals surface area contributed by atoms with Gasteiger partial charge in [-0.05, 0) is 25.8 Å². The van der Waals surface area contributed by atoms with Gasteiger partial charge in [-0.2, -0.15) is 0 Å². The summed E-state index contributed by atoms with van der Waals surface area (Å²) < 4.78 is 11.2. The summed E-state index contributed by atoms with van der Waals surface area (Å²) in [7, 11) is 1.69. The molecule has 2 rings (SSSR count). The van der Waals surface area contributed by atoms with E-state index in [9.17, 15) is 0 Å². The largest absolute Gasteiger partial charge is 0.496 e. The summed E-state index contributed by atoms with van der Waals surface area (Å²) in [5.41, 5.74) is 6.94. The van der Waals surface area contributed by atoms with Crippen LogP contribution in [0.15, 0.2) is 24.3 Å². The van der Waals surface area contributed by atoms with E-state index in [0.29, 0.717) is 6.54 Å². The SMILES string of the molecule is COc1ccccc1C(CN)NCC1(C)CCCO1. The van der Waals surface area contributed by atoms with E-state index in [0.717, 1.165) is 37.3 Å². The predicted octanol–water partition coefficient (Wildman–Crippen LogP) is 1.85. The van der Waals surface area contributed by atoms with Crippen LogP contribution in [0.4, 0.5) is 0 Å². The molecule has 0 spiro atoms. The van der Waals surface area contributed by atoms with Crippen molar-refractivity contribution in [2.24, 2.45) is 5.73 Å². The summed E-state index contributed by atoms with van der Waals surface area (Å²) in [6.45, 7) is 4.37. The van der Waals surface area contributed by atoms with Gasteiger partial charge in [-0.1, -0.05) is 18.2 Å². The Bertz CT molecular complexity index is 403.